The van der Waals surface area contributed by atoms with E-state index in [0.29, 0.717) is 17.2 Å². The van der Waals surface area contributed by atoms with Crippen LogP contribution in [-0.4, -0.2) is 15.5 Å². The summed E-state index contributed by atoms with van der Waals surface area (Å²) >= 11 is 0. The molecule has 0 radical (unpaired) electrons. The monoisotopic (exact) mass is 496 g/mol. The van der Waals surface area contributed by atoms with Crippen LogP contribution in [0.3, 0.4) is 0 Å². The number of sulfone groups is 1. The van der Waals surface area contributed by atoms with Gasteiger partial charge in [-0.3, -0.25) is 0 Å². The van der Waals surface area contributed by atoms with E-state index in [4.69, 9.17) is 9.47 Å². The SMILES string of the molecule is COc1[c-]cc(C(C)(C)c2c[c-]c(Oc3c[c-]c(S(=O)(=O)c4[c-]cc(C)cc4)cc3)cc2)cc1.[Li+].[Li+].[Li+].[Li+]. The fourth-order valence-corrected chi connectivity index (χ4v) is 4.64. The van der Waals surface area contributed by atoms with Gasteiger partial charge in [0.2, 0.25) is 0 Å². The second-order valence-corrected chi connectivity index (χ2v) is 10.3. The van der Waals surface area contributed by atoms with Crippen LogP contribution in [0.15, 0.2) is 82.6 Å². The summed E-state index contributed by atoms with van der Waals surface area (Å²) in [6.07, 6.45) is 0. The fourth-order valence-electron chi connectivity index (χ4n) is 3.48. The molecule has 174 valence electrons. The molecule has 4 aromatic carbocycles. The van der Waals surface area contributed by atoms with Crippen LogP contribution in [0.25, 0.3) is 0 Å². The van der Waals surface area contributed by atoms with E-state index in [9.17, 15) is 8.42 Å². The number of hydrogen-bond donors (Lipinski definition) is 0. The van der Waals surface area contributed by atoms with Gasteiger partial charge in [-0.25, -0.2) is 8.42 Å². The Hall–Kier alpha value is -1.18. The van der Waals surface area contributed by atoms with Gasteiger partial charge in [0.1, 0.15) is 0 Å². The molecule has 0 aliphatic heterocycles. The van der Waals surface area contributed by atoms with Gasteiger partial charge in [-0.15, -0.1) is 42.5 Å². The standard InChI is InChI=1S/C29H24O4S.4Li/c1-21-5-17-27(18-6-21)34(30,31)28-19-15-26(16-20-28)33-25-13-9-23(10-14-25)29(2,3)22-7-11-24(32-4)12-8-22;;;;/h5-11,13,15-17,19H,1-4H3;;;;/q-4;4*+1. The molecule has 38 heavy (non-hydrogen) atoms. The zero-order valence-corrected chi connectivity index (χ0v) is 24.3. The molecule has 0 unspecified atom stereocenters. The van der Waals surface area contributed by atoms with Crippen molar-refractivity contribution in [1.82, 2.24) is 0 Å². The van der Waals surface area contributed by atoms with Crippen molar-refractivity contribution in [3.05, 3.63) is 114 Å². The van der Waals surface area contributed by atoms with Gasteiger partial charge in [-0.1, -0.05) is 26.2 Å². The third-order valence-corrected chi connectivity index (χ3v) is 7.40. The van der Waals surface area contributed by atoms with Crippen molar-refractivity contribution in [2.45, 2.75) is 36.0 Å². The normalized spacial score (nSPS) is 10.5. The Kier molecular flexibility index (Phi) is 15.1. The topological polar surface area (TPSA) is 52.6 Å². The minimum atomic E-state index is -3.68. The van der Waals surface area contributed by atoms with Crippen LogP contribution in [0.1, 0.15) is 30.5 Å². The van der Waals surface area contributed by atoms with E-state index < -0.39 is 9.84 Å². The predicted molar refractivity (Wildman–Crippen MR) is 130 cm³/mol. The number of methoxy groups -OCH3 is 1. The summed E-state index contributed by atoms with van der Waals surface area (Å²) in [7, 11) is -2.06. The van der Waals surface area contributed by atoms with Crippen molar-refractivity contribution in [1.29, 1.82) is 0 Å². The molecule has 4 nitrogen and oxygen atoms in total. The number of rotatable bonds is 7. The number of ether oxygens (including phenoxy) is 2. The number of benzene rings is 4. The predicted octanol–water partition coefficient (Wildman–Crippen LogP) is -5.83. The van der Waals surface area contributed by atoms with Crippen LogP contribution in [0.5, 0.6) is 17.2 Å². The van der Waals surface area contributed by atoms with Crippen molar-refractivity contribution >= 4 is 9.84 Å². The van der Waals surface area contributed by atoms with Gasteiger partial charge in [0, 0.05) is 11.5 Å². The molecule has 0 fully saturated rings. The maximum atomic E-state index is 12.8. The molecule has 0 atom stereocenters. The quantitative estimate of drug-likeness (QED) is 0.189. The van der Waals surface area contributed by atoms with E-state index in [-0.39, 0.29) is 90.6 Å². The molecule has 0 amide bonds. The van der Waals surface area contributed by atoms with Crippen molar-refractivity contribution < 1.29 is 93.3 Å². The Morgan fingerprint density at radius 2 is 1.18 bits per heavy atom. The van der Waals surface area contributed by atoms with Crippen molar-refractivity contribution in [3.8, 4) is 17.2 Å². The molecule has 0 aliphatic carbocycles. The van der Waals surface area contributed by atoms with Crippen molar-refractivity contribution in [2.75, 3.05) is 7.11 Å². The third kappa shape index (κ3) is 8.41. The molecule has 9 heteroatoms. The van der Waals surface area contributed by atoms with Gasteiger partial charge in [0.05, 0.1) is 7.11 Å². The minimum absolute atomic E-state index is 0. The summed E-state index contributed by atoms with van der Waals surface area (Å²) in [4.78, 5) is 0.182. The third-order valence-electron chi connectivity index (χ3n) is 5.73. The summed E-state index contributed by atoms with van der Waals surface area (Å²) in [5.41, 5.74) is 2.86. The molecule has 4 rings (SSSR count). The molecule has 0 saturated heterocycles. The summed E-state index contributed by atoms with van der Waals surface area (Å²) in [6.45, 7) is 6.14. The molecule has 0 aliphatic rings. The second-order valence-electron chi connectivity index (χ2n) is 8.44. The number of aryl methyl sites for hydroxylation is 1. The Bertz CT molecular complexity index is 1370. The molecule has 0 aromatic heterocycles. The Balaban J connectivity index is 0.00000342. The first-order valence-corrected chi connectivity index (χ1v) is 12.2. The van der Waals surface area contributed by atoms with Crippen molar-refractivity contribution in [2.24, 2.45) is 0 Å². The van der Waals surface area contributed by atoms with Gasteiger partial charge in [0.25, 0.3) is 0 Å². The molecule has 4 aromatic rings. The molecule has 0 heterocycles. The van der Waals surface area contributed by atoms with Gasteiger partial charge in [-0.05, 0) is 15.5 Å². The minimum Gasteiger partial charge on any atom is -0.541 e. The zero-order valence-electron chi connectivity index (χ0n) is 23.5. The first-order valence-electron chi connectivity index (χ1n) is 10.7. The van der Waals surface area contributed by atoms with Gasteiger partial charge in [-0.2, -0.15) is 71.3 Å². The Morgan fingerprint density at radius 3 is 1.61 bits per heavy atom. The first-order chi connectivity index (χ1) is 16.2. The van der Waals surface area contributed by atoms with Crippen LogP contribution in [0, 0.1) is 31.2 Å². The maximum absolute atomic E-state index is 12.8. The molecular weight excluding hydrogens is 472 g/mol. The van der Waals surface area contributed by atoms with Gasteiger partial charge < -0.3 is 9.47 Å². The average Bonchev–Trinajstić information content (AvgIpc) is 2.85. The van der Waals surface area contributed by atoms with Crippen LogP contribution in [0.2, 0.25) is 0 Å². The zero-order chi connectivity index (χ0) is 24.3. The molecule has 0 N–H and O–H groups in total. The van der Waals surface area contributed by atoms with Gasteiger partial charge in [0.15, 0.2) is 9.84 Å². The summed E-state index contributed by atoms with van der Waals surface area (Å²) in [6, 6.07) is 33.1. The van der Waals surface area contributed by atoms with E-state index >= 15 is 0 Å². The van der Waals surface area contributed by atoms with E-state index in [1.165, 1.54) is 12.1 Å². The summed E-state index contributed by atoms with van der Waals surface area (Å²) in [5.74, 6) is 1.69. The van der Waals surface area contributed by atoms with Crippen LogP contribution in [0.4, 0.5) is 0 Å². The summed E-state index contributed by atoms with van der Waals surface area (Å²) in [5, 5.41) is 0. The molecule has 0 bridgehead atoms. The smallest absolute Gasteiger partial charge is 0.541 e. The molecular formula is C29H24Li4O4S. The van der Waals surface area contributed by atoms with E-state index in [1.807, 2.05) is 43.3 Å². The second kappa shape index (κ2) is 15.6. The van der Waals surface area contributed by atoms with Gasteiger partial charge >= 0.3 is 75.4 Å². The summed E-state index contributed by atoms with van der Waals surface area (Å²) < 4.78 is 36.6. The van der Waals surface area contributed by atoms with Crippen LogP contribution < -0.4 is 84.9 Å². The molecule has 0 spiro atoms. The van der Waals surface area contributed by atoms with Crippen LogP contribution in [-0.2, 0) is 15.3 Å². The van der Waals surface area contributed by atoms with E-state index in [0.717, 1.165) is 16.7 Å². The molecule has 0 saturated carbocycles. The maximum Gasteiger partial charge on any atom is 1.00 e. The Morgan fingerprint density at radius 1 is 0.658 bits per heavy atom. The first kappa shape index (κ1) is 36.8. The van der Waals surface area contributed by atoms with Crippen molar-refractivity contribution in [3.63, 3.8) is 0 Å². The van der Waals surface area contributed by atoms with E-state index in [2.05, 4.69) is 38.1 Å². The average molecular weight is 496 g/mol. The number of hydrogen-bond acceptors (Lipinski definition) is 4. The Labute approximate surface area is 274 Å². The largest absolute Gasteiger partial charge is 1.00 e. The van der Waals surface area contributed by atoms with E-state index in [1.54, 1.807) is 31.4 Å². The van der Waals surface area contributed by atoms with Crippen LogP contribution >= 0.6 is 0 Å². The fraction of sp³-hybridized carbons (Fsp3) is 0.172.